The number of thioether (sulfide) groups is 1. The molecule has 0 aliphatic rings. The normalized spacial score (nSPS) is 10.5. The van der Waals surface area contributed by atoms with E-state index >= 15 is 0 Å². The summed E-state index contributed by atoms with van der Waals surface area (Å²) in [5.74, 6) is 0.105. The third kappa shape index (κ3) is 5.69. The fourth-order valence-corrected chi connectivity index (χ4v) is 3.98. The summed E-state index contributed by atoms with van der Waals surface area (Å²) in [7, 11) is 3.14. The van der Waals surface area contributed by atoms with E-state index in [1.165, 1.54) is 23.1 Å². The topological polar surface area (TPSA) is 86.8 Å². The standard InChI is InChI=1S/C21H19ClN2O5S2/c1-27-12-4-7-18(28-2)15(8-12)17-11-31-21(23-17)24-19(25)10-29-20(26)14-9-13(30-3)5-6-16(14)22/h4-9,11H,10H2,1-3H3,(H,23,24,25). The van der Waals surface area contributed by atoms with Crippen LogP contribution < -0.4 is 14.8 Å². The zero-order valence-corrected chi connectivity index (χ0v) is 19.3. The summed E-state index contributed by atoms with van der Waals surface area (Å²) in [6.07, 6.45) is 1.88. The second-order valence-corrected chi connectivity index (χ2v) is 8.22. The van der Waals surface area contributed by atoms with E-state index in [2.05, 4.69) is 10.3 Å². The van der Waals surface area contributed by atoms with Crippen molar-refractivity contribution in [1.29, 1.82) is 0 Å². The minimum Gasteiger partial charge on any atom is -0.497 e. The lowest BCUT2D eigenvalue weighted by atomic mass is 10.1. The number of ether oxygens (including phenoxy) is 3. The summed E-state index contributed by atoms with van der Waals surface area (Å²) in [6, 6.07) is 10.4. The number of carbonyl (C=O) groups excluding carboxylic acids is 2. The molecule has 0 unspecified atom stereocenters. The zero-order chi connectivity index (χ0) is 22.4. The Bertz CT molecular complexity index is 1100. The number of aromatic nitrogens is 1. The maximum Gasteiger partial charge on any atom is 0.340 e. The summed E-state index contributed by atoms with van der Waals surface area (Å²) in [4.78, 5) is 29.8. The molecule has 0 saturated heterocycles. The highest BCUT2D eigenvalue weighted by molar-refractivity contribution is 7.98. The quantitative estimate of drug-likeness (QED) is 0.360. The first-order chi connectivity index (χ1) is 14.9. The Hall–Kier alpha value is -2.75. The van der Waals surface area contributed by atoms with Gasteiger partial charge in [0.05, 0.1) is 30.5 Å². The van der Waals surface area contributed by atoms with Crippen LogP contribution in [-0.2, 0) is 9.53 Å². The molecular weight excluding hydrogens is 460 g/mol. The lowest BCUT2D eigenvalue weighted by molar-refractivity contribution is -0.119. The molecule has 162 valence electrons. The molecule has 0 aliphatic heterocycles. The largest absolute Gasteiger partial charge is 0.497 e. The molecule has 3 aromatic rings. The fourth-order valence-electron chi connectivity index (χ4n) is 2.62. The van der Waals surface area contributed by atoms with Gasteiger partial charge in [-0.1, -0.05) is 11.6 Å². The summed E-state index contributed by atoms with van der Waals surface area (Å²) in [5, 5.41) is 5.04. The molecule has 2 aromatic carbocycles. The van der Waals surface area contributed by atoms with Crippen molar-refractivity contribution in [3.8, 4) is 22.8 Å². The highest BCUT2D eigenvalue weighted by atomic mass is 35.5. The van der Waals surface area contributed by atoms with Crippen LogP contribution in [0.5, 0.6) is 11.5 Å². The number of carbonyl (C=O) groups is 2. The Kier molecular flexibility index (Phi) is 7.78. The van der Waals surface area contributed by atoms with Crippen LogP contribution in [0.1, 0.15) is 10.4 Å². The van der Waals surface area contributed by atoms with E-state index < -0.39 is 18.5 Å². The number of rotatable bonds is 8. The number of esters is 1. The smallest absolute Gasteiger partial charge is 0.340 e. The number of methoxy groups -OCH3 is 2. The lowest BCUT2D eigenvalue weighted by Gasteiger charge is -2.08. The van der Waals surface area contributed by atoms with Gasteiger partial charge in [0.25, 0.3) is 5.91 Å². The second kappa shape index (κ2) is 10.5. The van der Waals surface area contributed by atoms with Crippen LogP contribution in [-0.4, -0.2) is 43.9 Å². The van der Waals surface area contributed by atoms with Crippen LogP contribution in [0.4, 0.5) is 5.13 Å². The molecule has 10 heteroatoms. The second-order valence-electron chi connectivity index (χ2n) is 6.07. The molecule has 0 saturated carbocycles. The number of benzene rings is 2. The van der Waals surface area contributed by atoms with Crippen molar-refractivity contribution in [3.63, 3.8) is 0 Å². The fraction of sp³-hybridized carbons (Fsp3) is 0.190. The Morgan fingerprint density at radius 3 is 2.68 bits per heavy atom. The first kappa shape index (κ1) is 22.9. The van der Waals surface area contributed by atoms with Crippen LogP contribution in [0.2, 0.25) is 5.02 Å². The minimum atomic E-state index is -0.669. The van der Waals surface area contributed by atoms with Crippen molar-refractivity contribution in [2.75, 3.05) is 32.4 Å². The lowest BCUT2D eigenvalue weighted by Crippen LogP contribution is -2.21. The molecular formula is C21H19ClN2O5S2. The number of amides is 1. The molecule has 0 atom stereocenters. The van der Waals surface area contributed by atoms with Gasteiger partial charge in [-0.3, -0.25) is 10.1 Å². The monoisotopic (exact) mass is 478 g/mol. The maximum absolute atomic E-state index is 12.3. The summed E-state index contributed by atoms with van der Waals surface area (Å²) in [5.41, 5.74) is 1.56. The van der Waals surface area contributed by atoms with Gasteiger partial charge in [0, 0.05) is 15.8 Å². The predicted octanol–water partition coefficient (Wildman–Crippen LogP) is 5.00. The highest BCUT2D eigenvalue weighted by Gasteiger charge is 2.16. The summed E-state index contributed by atoms with van der Waals surface area (Å²) < 4.78 is 15.7. The zero-order valence-electron chi connectivity index (χ0n) is 16.9. The number of nitrogens with one attached hydrogen (secondary N) is 1. The van der Waals surface area contributed by atoms with Crippen molar-refractivity contribution in [2.45, 2.75) is 4.90 Å². The van der Waals surface area contributed by atoms with E-state index in [9.17, 15) is 9.59 Å². The average Bonchev–Trinajstić information content (AvgIpc) is 3.25. The van der Waals surface area contributed by atoms with E-state index in [1.54, 1.807) is 56.0 Å². The molecule has 1 N–H and O–H groups in total. The van der Waals surface area contributed by atoms with Gasteiger partial charge in [-0.15, -0.1) is 23.1 Å². The Labute approximate surface area is 192 Å². The number of nitrogens with zero attached hydrogens (tertiary/aromatic N) is 1. The highest BCUT2D eigenvalue weighted by Crippen LogP contribution is 2.35. The van der Waals surface area contributed by atoms with Crippen LogP contribution >= 0.6 is 34.7 Å². The van der Waals surface area contributed by atoms with Crippen LogP contribution in [0, 0.1) is 0 Å². The Morgan fingerprint density at radius 2 is 1.97 bits per heavy atom. The molecule has 0 aliphatic carbocycles. The predicted molar refractivity (Wildman–Crippen MR) is 123 cm³/mol. The third-order valence-electron chi connectivity index (χ3n) is 4.16. The van der Waals surface area contributed by atoms with E-state index in [0.717, 1.165) is 10.5 Å². The Balaban J connectivity index is 1.64. The van der Waals surface area contributed by atoms with Gasteiger partial charge in [-0.2, -0.15) is 0 Å². The van der Waals surface area contributed by atoms with Gasteiger partial charge in [-0.05, 0) is 42.7 Å². The van der Waals surface area contributed by atoms with E-state index in [1.807, 2.05) is 6.26 Å². The van der Waals surface area contributed by atoms with Crippen LogP contribution in [0.3, 0.4) is 0 Å². The van der Waals surface area contributed by atoms with Gasteiger partial charge in [0.2, 0.25) is 0 Å². The number of halogens is 1. The van der Waals surface area contributed by atoms with Gasteiger partial charge >= 0.3 is 5.97 Å². The third-order valence-corrected chi connectivity index (χ3v) is 5.97. The first-order valence-electron chi connectivity index (χ1n) is 8.93. The molecule has 0 fully saturated rings. The molecule has 0 radical (unpaired) electrons. The van der Waals surface area contributed by atoms with Gasteiger partial charge in [-0.25, -0.2) is 9.78 Å². The molecule has 1 heterocycles. The summed E-state index contributed by atoms with van der Waals surface area (Å²) >= 11 is 8.77. The average molecular weight is 479 g/mol. The molecule has 0 spiro atoms. The molecule has 0 bridgehead atoms. The van der Waals surface area contributed by atoms with Gasteiger partial charge in [0.1, 0.15) is 11.5 Å². The van der Waals surface area contributed by atoms with Crippen molar-refractivity contribution in [2.24, 2.45) is 0 Å². The number of hydrogen-bond donors (Lipinski definition) is 1. The molecule has 7 nitrogen and oxygen atoms in total. The molecule has 3 rings (SSSR count). The molecule has 1 aromatic heterocycles. The van der Waals surface area contributed by atoms with E-state index in [4.69, 9.17) is 25.8 Å². The number of thiazole rings is 1. The van der Waals surface area contributed by atoms with E-state index in [0.29, 0.717) is 22.3 Å². The van der Waals surface area contributed by atoms with Gasteiger partial charge < -0.3 is 14.2 Å². The van der Waals surface area contributed by atoms with Crippen molar-refractivity contribution in [1.82, 2.24) is 4.98 Å². The number of anilines is 1. The van der Waals surface area contributed by atoms with E-state index in [-0.39, 0.29) is 10.6 Å². The number of hydrogen-bond acceptors (Lipinski definition) is 8. The maximum atomic E-state index is 12.3. The van der Waals surface area contributed by atoms with Crippen molar-refractivity contribution in [3.05, 3.63) is 52.4 Å². The molecule has 1 amide bonds. The summed E-state index contributed by atoms with van der Waals surface area (Å²) in [6.45, 7) is -0.462. The molecule has 31 heavy (non-hydrogen) atoms. The van der Waals surface area contributed by atoms with Crippen LogP contribution in [0.15, 0.2) is 46.7 Å². The van der Waals surface area contributed by atoms with Crippen molar-refractivity contribution >= 4 is 51.7 Å². The minimum absolute atomic E-state index is 0.211. The Morgan fingerprint density at radius 1 is 1.16 bits per heavy atom. The first-order valence-corrected chi connectivity index (χ1v) is 11.4. The van der Waals surface area contributed by atoms with Crippen molar-refractivity contribution < 1.29 is 23.8 Å². The van der Waals surface area contributed by atoms with Crippen LogP contribution in [0.25, 0.3) is 11.3 Å². The van der Waals surface area contributed by atoms with Gasteiger partial charge in [0.15, 0.2) is 11.7 Å². The SMILES string of the molecule is COc1ccc(OC)c(-c2csc(NC(=O)COC(=O)c3cc(SC)ccc3Cl)n2)c1.